The van der Waals surface area contributed by atoms with Gasteiger partial charge < -0.3 is 5.11 Å². The summed E-state index contributed by atoms with van der Waals surface area (Å²) in [5.41, 5.74) is 0. The predicted molar refractivity (Wildman–Crippen MR) is 67.4 cm³/mol. The van der Waals surface area contributed by atoms with Gasteiger partial charge in [0.1, 0.15) is 10.6 Å². The number of para-hydroxylation sites is 1. The minimum atomic E-state index is -3.62. The maximum absolute atomic E-state index is 12.0. The van der Waals surface area contributed by atoms with Gasteiger partial charge in [-0.2, -0.15) is 0 Å². The number of hydrogen-bond donors (Lipinski definition) is 2. The number of phenolic OH excluding ortho intramolecular Hbond substituents is 1. The number of sulfonamides is 1. The van der Waals surface area contributed by atoms with Crippen LogP contribution in [0.3, 0.4) is 0 Å². The maximum Gasteiger partial charge on any atom is 0.244 e. The Hall–Kier alpha value is -1.07. The molecule has 1 rings (SSSR count). The monoisotopic (exact) mass is 257 g/mol. The molecule has 0 spiro atoms. The Kier molecular flexibility index (Phi) is 4.96. The van der Waals surface area contributed by atoms with E-state index in [0.29, 0.717) is 0 Å². The van der Waals surface area contributed by atoms with E-state index in [1.807, 2.05) is 6.92 Å². The molecule has 1 aromatic rings. The molecule has 1 atom stereocenters. The van der Waals surface area contributed by atoms with E-state index in [4.69, 9.17) is 0 Å². The number of unbranched alkanes of at least 4 members (excludes halogenated alkanes) is 1. The fourth-order valence-corrected chi connectivity index (χ4v) is 2.96. The molecule has 0 aliphatic carbocycles. The summed E-state index contributed by atoms with van der Waals surface area (Å²) in [6, 6.07) is 5.81. The second kappa shape index (κ2) is 6.02. The molecule has 0 saturated carbocycles. The van der Waals surface area contributed by atoms with E-state index in [-0.39, 0.29) is 16.7 Å². The first kappa shape index (κ1) is 14.0. The zero-order valence-electron chi connectivity index (χ0n) is 10.2. The van der Waals surface area contributed by atoms with Crippen LogP contribution in [0.5, 0.6) is 5.75 Å². The summed E-state index contributed by atoms with van der Waals surface area (Å²) in [7, 11) is -3.62. The lowest BCUT2D eigenvalue weighted by molar-refractivity contribution is 0.456. The zero-order chi connectivity index (χ0) is 12.9. The molecule has 0 amide bonds. The quantitative estimate of drug-likeness (QED) is 0.821. The highest BCUT2D eigenvalue weighted by Crippen LogP contribution is 2.21. The van der Waals surface area contributed by atoms with Crippen LogP contribution in [0.25, 0.3) is 0 Å². The van der Waals surface area contributed by atoms with Gasteiger partial charge >= 0.3 is 0 Å². The van der Waals surface area contributed by atoms with Gasteiger partial charge in [-0.25, -0.2) is 13.1 Å². The molecular formula is C12H19NO3S. The van der Waals surface area contributed by atoms with Crippen molar-refractivity contribution in [2.45, 2.75) is 44.0 Å². The largest absolute Gasteiger partial charge is 0.507 e. The van der Waals surface area contributed by atoms with Gasteiger partial charge in [0.05, 0.1) is 0 Å². The SMILES string of the molecule is CCCCC(C)NS(=O)(=O)c1ccccc1O. The lowest BCUT2D eigenvalue weighted by Gasteiger charge is -2.14. The first-order valence-corrected chi connectivity index (χ1v) is 7.26. The summed E-state index contributed by atoms with van der Waals surface area (Å²) >= 11 is 0. The summed E-state index contributed by atoms with van der Waals surface area (Å²) in [5.74, 6) is -0.220. The zero-order valence-corrected chi connectivity index (χ0v) is 11.0. The van der Waals surface area contributed by atoms with Crippen molar-refractivity contribution in [3.63, 3.8) is 0 Å². The highest BCUT2D eigenvalue weighted by Gasteiger charge is 2.19. The van der Waals surface area contributed by atoms with Gasteiger partial charge in [0.2, 0.25) is 10.0 Å². The number of nitrogens with one attached hydrogen (secondary N) is 1. The fraction of sp³-hybridized carbons (Fsp3) is 0.500. The van der Waals surface area contributed by atoms with Crippen molar-refractivity contribution in [2.75, 3.05) is 0 Å². The average Bonchev–Trinajstić information content (AvgIpc) is 2.26. The van der Waals surface area contributed by atoms with E-state index in [2.05, 4.69) is 11.6 Å². The van der Waals surface area contributed by atoms with Crippen LogP contribution >= 0.6 is 0 Å². The van der Waals surface area contributed by atoms with Crippen LogP contribution in [0, 0.1) is 0 Å². The van der Waals surface area contributed by atoms with Crippen LogP contribution in [0.1, 0.15) is 33.1 Å². The van der Waals surface area contributed by atoms with E-state index in [1.165, 1.54) is 12.1 Å². The van der Waals surface area contributed by atoms with Crippen LogP contribution in [0.4, 0.5) is 0 Å². The van der Waals surface area contributed by atoms with Crippen LogP contribution in [0.15, 0.2) is 29.2 Å². The minimum Gasteiger partial charge on any atom is -0.507 e. The lowest BCUT2D eigenvalue weighted by Crippen LogP contribution is -2.32. The molecule has 0 bridgehead atoms. The molecule has 0 fully saturated rings. The van der Waals surface area contributed by atoms with Crippen LogP contribution in [0.2, 0.25) is 0 Å². The average molecular weight is 257 g/mol. The van der Waals surface area contributed by atoms with Gasteiger partial charge in [0, 0.05) is 6.04 Å². The molecule has 2 N–H and O–H groups in total. The molecule has 4 nitrogen and oxygen atoms in total. The summed E-state index contributed by atoms with van der Waals surface area (Å²) in [5, 5.41) is 9.52. The van der Waals surface area contributed by atoms with Crippen LogP contribution in [-0.4, -0.2) is 19.6 Å². The first-order valence-electron chi connectivity index (χ1n) is 5.77. The third-order valence-corrected chi connectivity index (χ3v) is 4.14. The lowest BCUT2D eigenvalue weighted by atomic mass is 10.2. The second-order valence-electron chi connectivity index (χ2n) is 4.13. The molecule has 96 valence electrons. The molecular weight excluding hydrogens is 238 g/mol. The van der Waals surface area contributed by atoms with Crippen molar-refractivity contribution in [1.82, 2.24) is 4.72 Å². The van der Waals surface area contributed by atoms with Crippen LogP contribution in [-0.2, 0) is 10.0 Å². The van der Waals surface area contributed by atoms with E-state index < -0.39 is 10.0 Å². The molecule has 1 unspecified atom stereocenters. The molecule has 1 aromatic carbocycles. The smallest absolute Gasteiger partial charge is 0.244 e. The van der Waals surface area contributed by atoms with Crippen molar-refractivity contribution < 1.29 is 13.5 Å². The molecule has 5 heteroatoms. The highest BCUT2D eigenvalue weighted by molar-refractivity contribution is 7.89. The Morgan fingerprint density at radius 1 is 1.35 bits per heavy atom. The van der Waals surface area contributed by atoms with Crippen molar-refractivity contribution >= 4 is 10.0 Å². The molecule has 0 heterocycles. The van der Waals surface area contributed by atoms with Gasteiger partial charge in [-0.1, -0.05) is 31.9 Å². The van der Waals surface area contributed by atoms with Gasteiger partial charge in [-0.3, -0.25) is 0 Å². The van der Waals surface area contributed by atoms with Crippen molar-refractivity contribution in [1.29, 1.82) is 0 Å². The van der Waals surface area contributed by atoms with E-state index in [0.717, 1.165) is 19.3 Å². The molecule has 0 aliphatic rings. The van der Waals surface area contributed by atoms with Crippen molar-refractivity contribution in [2.24, 2.45) is 0 Å². The maximum atomic E-state index is 12.0. The fourth-order valence-electron chi connectivity index (χ4n) is 1.58. The highest BCUT2D eigenvalue weighted by atomic mass is 32.2. The molecule has 0 saturated heterocycles. The van der Waals surface area contributed by atoms with Gasteiger partial charge in [-0.05, 0) is 25.5 Å². The third kappa shape index (κ3) is 4.02. The number of hydrogen-bond acceptors (Lipinski definition) is 3. The Morgan fingerprint density at radius 2 is 2.00 bits per heavy atom. The number of phenols is 1. The minimum absolute atomic E-state index is 0.0663. The number of aromatic hydroxyl groups is 1. The van der Waals surface area contributed by atoms with Gasteiger partial charge in [0.25, 0.3) is 0 Å². The second-order valence-corrected chi connectivity index (χ2v) is 5.81. The summed E-state index contributed by atoms with van der Waals surface area (Å²) in [4.78, 5) is -0.0663. The molecule has 0 aromatic heterocycles. The first-order chi connectivity index (χ1) is 7.97. The topological polar surface area (TPSA) is 66.4 Å². The van der Waals surface area contributed by atoms with E-state index in [9.17, 15) is 13.5 Å². The Morgan fingerprint density at radius 3 is 2.59 bits per heavy atom. The Balaban J connectivity index is 2.79. The van der Waals surface area contributed by atoms with Crippen molar-refractivity contribution in [3.05, 3.63) is 24.3 Å². The number of benzene rings is 1. The van der Waals surface area contributed by atoms with Crippen molar-refractivity contribution in [3.8, 4) is 5.75 Å². The Bertz CT molecular complexity index is 457. The molecule has 0 aliphatic heterocycles. The Labute approximate surface area is 103 Å². The third-order valence-electron chi connectivity index (χ3n) is 2.50. The standard InChI is InChI=1S/C12H19NO3S/c1-3-4-7-10(2)13-17(15,16)12-9-6-5-8-11(12)14/h5-6,8-10,13-14H,3-4,7H2,1-2H3. The summed E-state index contributed by atoms with van der Waals surface area (Å²) in [6.45, 7) is 3.89. The van der Waals surface area contributed by atoms with E-state index in [1.54, 1.807) is 12.1 Å². The predicted octanol–water partition coefficient (Wildman–Crippen LogP) is 2.25. The molecule has 0 radical (unpaired) electrons. The normalized spacial score (nSPS) is 13.5. The summed E-state index contributed by atoms with van der Waals surface area (Å²) in [6.07, 6.45) is 2.80. The van der Waals surface area contributed by atoms with E-state index >= 15 is 0 Å². The van der Waals surface area contributed by atoms with Crippen LogP contribution < -0.4 is 4.72 Å². The van der Waals surface area contributed by atoms with Gasteiger partial charge in [0.15, 0.2) is 0 Å². The van der Waals surface area contributed by atoms with Gasteiger partial charge in [-0.15, -0.1) is 0 Å². The number of rotatable bonds is 6. The molecule has 17 heavy (non-hydrogen) atoms. The summed E-state index contributed by atoms with van der Waals surface area (Å²) < 4.78 is 26.5.